The first-order valence-electron chi connectivity index (χ1n) is 8.11. The number of anilines is 1. The molecule has 0 saturated carbocycles. The number of benzene rings is 1. The van der Waals surface area contributed by atoms with Gasteiger partial charge >= 0.3 is 0 Å². The standard InChI is InChI=1S/C18H24N4O2S/c1-11(17-12(2)25-13(3)20-17)22(4)10-9-16(23)21-15-7-5-14(6-8-15)18(19)24/h5-8,11H,9-10H2,1-4H3,(H2,19,24)(H,21,23). The second-order valence-corrected chi connectivity index (χ2v) is 7.48. The summed E-state index contributed by atoms with van der Waals surface area (Å²) in [6.07, 6.45) is 0.376. The first-order chi connectivity index (χ1) is 11.8. The fourth-order valence-electron chi connectivity index (χ4n) is 2.55. The van der Waals surface area contributed by atoms with Gasteiger partial charge in [-0.2, -0.15) is 0 Å². The van der Waals surface area contributed by atoms with Crippen molar-refractivity contribution in [1.82, 2.24) is 9.88 Å². The normalized spacial score (nSPS) is 12.2. The van der Waals surface area contributed by atoms with Gasteiger partial charge in [0.25, 0.3) is 0 Å². The molecule has 0 aliphatic heterocycles. The average Bonchev–Trinajstić information content (AvgIpc) is 2.90. The minimum atomic E-state index is -0.485. The molecule has 0 spiro atoms. The third-order valence-corrected chi connectivity index (χ3v) is 5.04. The number of amides is 2. The van der Waals surface area contributed by atoms with Gasteiger partial charge in [0.05, 0.1) is 16.7 Å². The lowest BCUT2D eigenvalue weighted by Crippen LogP contribution is -2.27. The fourth-order valence-corrected chi connectivity index (χ4v) is 3.46. The maximum atomic E-state index is 12.1. The minimum absolute atomic E-state index is 0.0722. The van der Waals surface area contributed by atoms with E-state index in [1.807, 2.05) is 14.0 Å². The number of nitrogens with two attached hydrogens (primary N) is 1. The molecule has 1 aromatic carbocycles. The van der Waals surface area contributed by atoms with Crippen molar-refractivity contribution < 1.29 is 9.59 Å². The van der Waals surface area contributed by atoms with E-state index in [1.165, 1.54) is 4.88 Å². The zero-order valence-corrected chi connectivity index (χ0v) is 15.8. The van der Waals surface area contributed by atoms with Gasteiger partial charge in [-0.15, -0.1) is 11.3 Å². The Morgan fingerprint density at radius 2 is 1.92 bits per heavy atom. The lowest BCUT2D eigenvalue weighted by atomic mass is 10.2. The van der Waals surface area contributed by atoms with Crippen molar-refractivity contribution in [3.05, 3.63) is 45.4 Å². The molecule has 1 heterocycles. The van der Waals surface area contributed by atoms with Crippen molar-refractivity contribution in [2.24, 2.45) is 5.73 Å². The summed E-state index contributed by atoms with van der Waals surface area (Å²) in [4.78, 5) is 31.1. The quantitative estimate of drug-likeness (QED) is 0.795. The molecule has 134 valence electrons. The Hall–Kier alpha value is -2.25. The van der Waals surface area contributed by atoms with Crippen LogP contribution in [0.5, 0.6) is 0 Å². The molecular formula is C18H24N4O2S. The number of hydrogen-bond acceptors (Lipinski definition) is 5. The number of hydrogen-bond donors (Lipinski definition) is 2. The SMILES string of the molecule is Cc1nc(C(C)N(C)CCC(=O)Nc2ccc(C(N)=O)cc2)c(C)s1. The number of aryl methyl sites for hydroxylation is 2. The summed E-state index contributed by atoms with van der Waals surface area (Å²) in [7, 11) is 1.99. The molecule has 0 aliphatic carbocycles. The predicted molar refractivity (Wildman–Crippen MR) is 101 cm³/mol. The van der Waals surface area contributed by atoms with Gasteiger partial charge in [-0.1, -0.05) is 0 Å². The summed E-state index contributed by atoms with van der Waals surface area (Å²) in [5, 5.41) is 3.89. The van der Waals surface area contributed by atoms with E-state index in [0.717, 1.165) is 10.7 Å². The van der Waals surface area contributed by atoms with Gasteiger partial charge in [0.15, 0.2) is 0 Å². The maximum Gasteiger partial charge on any atom is 0.248 e. The van der Waals surface area contributed by atoms with Crippen LogP contribution in [0.15, 0.2) is 24.3 Å². The van der Waals surface area contributed by atoms with Crippen LogP contribution >= 0.6 is 11.3 Å². The summed E-state index contributed by atoms with van der Waals surface area (Å²) in [6, 6.07) is 6.70. The second-order valence-electron chi connectivity index (χ2n) is 6.07. The first kappa shape index (κ1) is 19.1. The average molecular weight is 360 g/mol. The zero-order valence-electron chi connectivity index (χ0n) is 15.0. The van der Waals surface area contributed by atoms with Crippen LogP contribution in [0.4, 0.5) is 5.69 Å². The van der Waals surface area contributed by atoms with Crippen LogP contribution in [-0.4, -0.2) is 35.3 Å². The molecule has 2 aromatic rings. The van der Waals surface area contributed by atoms with Crippen LogP contribution in [0, 0.1) is 13.8 Å². The molecule has 2 amide bonds. The molecule has 1 unspecified atom stereocenters. The van der Waals surface area contributed by atoms with Gasteiger partial charge in [0, 0.05) is 29.1 Å². The summed E-state index contributed by atoms with van der Waals surface area (Å²) in [5.41, 5.74) is 7.34. The lowest BCUT2D eigenvalue weighted by molar-refractivity contribution is -0.116. The number of nitrogens with one attached hydrogen (secondary N) is 1. The van der Waals surface area contributed by atoms with Crippen molar-refractivity contribution in [1.29, 1.82) is 0 Å². The summed E-state index contributed by atoms with van der Waals surface area (Å²) in [6.45, 7) is 6.81. The van der Waals surface area contributed by atoms with E-state index in [1.54, 1.807) is 35.6 Å². The molecule has 0 aliphatic rings. The van der Waals surface area contributed by atoms with Gasteiger partial charge in [-0.25, -0.2) is 4.98 Å². The van der Waals surface area contributed by atoms with Crippen molar-refractivity contribution in [2.45, 2.75) is 33.2 Å². The Labute approximate surface area is 152 Å². The van der Waals surface area contributed by atoms with Crippen molar-refractivity contribution in [3.63, 3.8) is 0 Å². The number of primary amides is 1. The van der Waals surface area contributed by atoms with Crippen molar-refractivity contribution in [3.8, 4) is 0 Å². The number of carbonyl (C=O) groups excluding carboxylic acids is 2. The molecule has 3 N–H and O–H groups in total. The predicted octanol–water partition coefficient (Wildman–Crippen LogP) is 2.88. The number of nitrogens with zero attached hydrogens (tertiary/aromatic N) is 2. The van der Waals surface area contributed by atoms with Crippen molar-refractivity contribution in [2.75, 3.05) is 18.9 Å². The lowest BCUT2D eigenvalue weighted by Gasteiger charge is -2.23. The molecule has 0 radical (unpaired) electrons. The van der Waals surface area contributed by atoms with Crippen LogP contribution in [0.1, 0.15) is 45.3 Å². The molecule has 6 nitrogen and oxygen atoms in total. The van der Waals surface area contributed by atoms with Gasteiger partial charge in [0.1, 0.15) is 0 Å². The highest BCUT2D eigenvalue weighted by molar-refractivity contribution is 7.11. The van der Waals surface area contributed by atoms with Crippen LogP contribution in [0.2, 0.25) is 0 Å². The highest BCUT2D eigenvalue weighted by atomic mass is 32.1. The van der Waals surface area contributed by atoms with E-state index in [4.69, 9.17) is 5.73 Å². The summed E-state index contributed by atoms with van der Waals surface area (Å²) >= 11 is 1.69. The van der Waals surface area contributed by atoms with E-state index in [0.29, 0.717) is 24.2 Å². The topological polar surface area (TPSA) is 88.3 Å². The van der Waals surface area contributed by atoms with E-state index in [-0.39, 0.29) is 11.9 Å². The smallest absolute Gasteiger partial charge is 0.248 e. The van der Waals surface area contributed by atoms with Crippen LogP contribution < -0.4 is 11.1 Å². The molecule has 0 bridgehead atoms. The van der Waals surface area contributed by atoms with E-state index in [9.17, 15) is 9.59 Å². The Balaban J connectivity index is 1.86. The molecule has 7 heteroatoms. The monoisotopic (exact) mass is 360 g/mol. The molecule has 0 saturated heterocycles. The number of carbonyl (C=O) groups is 2. The van der Waals surface area contributed by atoms with Gasteiger partial charge in [-0.05, 0) is 52.1 Å². The molecule has 2 rings (SSSR count). The first-order valence-corrected chi connectivity index (χ1v) is 8.93. The number of thiazole rings is 1. The van der Waals surface area contributed by atoms with Gasteiger partial charge < -0.3 is 11.1 Å². The Kier molecular flexibility index (Phi) is 6.27. The minimum Gasteiger partial charge on any atom is -0.366 e. The Morgan fingerprint density at radius 1 is 1.28 bits per heavy atom. The summed E-state index contributed by atoms with van der Waals surface area (Å²) in [5.74, 6) is -0.557. The molecule has 0 fully saturated rings. The largest absolute Gasteiger partial charge is 0.366 e. The third kappa shape index (κ3) is 5.11. The fraction of sp³-hybridized carbons (Fsp3) is 0.389. The van der Waals surface area contributed by atoms with E-state index < -0.39 is 5.91 Å². The van der Waals surface area contributed by atoms with Crippen molar-refractivity contribution >= 4 is 28.8 Å². The van der Waals surface area contributed by atoms with Crippen LogP contribution in [-0.2, 0) is 4.79 Å². The summed E-state index contributed by atoms with van der Waals surface area (Å²) < 4.78 is 0. The van der Waals surface area contributed by atoms with Crippen LogP contribution in [0.25, 0.3) is 0 Å². The molecule has 1 atom stereocenters. The highest BCUT2D eigenvalue weighted by Crippen LogP contribution is 2.26. The third-order valence-electron chi connectivity index (χ3n) is 4.14. The highest BCUT2D eigenvalue weighted by Gasteiger charge is 2.18. The molecule has 25 heavy (non-hydrogen) atoms. The Bertz CT molecular complexity index is 755. The van der Waals surface area contributed by atoms with Gasteiger partial charge in [0.2, 0.25) is 11.8 Å². The zero-order chi connectivity index (χ0) is 18.6. The maximum absolute atomic E-state index is 12.1. The molecular weight excluding hydrogens is 336 g/mol. The second kappa shape index (κ2) is 8.22. The van der Waals surface area contributed by atoms with E-state index >= 15 is 0 Å². The van der Waals surface area contributed by atoms with E-state index in [2.05, 4.69) is 29.0 Å². The molecule has 1 aromatic heterocycles. The Morgan fingerprint density at radius 3 is 2.44 bits per heavy atom. The number of aromatic nitrogens is 1. The van der Waals surface area contributed by atoms with Crippen LogP contribution in [0.3, 0.4) is 0 Å². The van der Waals surface area contributed by atoms with Gasteiger partial charge in [-0.3, -0.25) is 14.5 Å². The number of rotatable bonds is 7.